The van der Waals surface area contributed by atoms with Crippen LogP contribution in [0.3, 0.4) is 0 Å². The van der Waals surface area contributed by atoms with Crippen molar-refractivity contribution in [1.82, 2.24) is 19.3 Å². The van der Waals surface area contributed by atoms with Gasteiger partial charge < -0.3 is 0 Å². The first-order valence-corrected chi connectivity index (χ1v) is 10.1. The van der Waals surface area contributed by atoms with Gasteiger partial charge in [0, 0.05) is 23.7 Å². The second kappa shape index (κ2) is 6.83. The van der Waals surface area contributed by atoms with Crippen LogP contribution in [-0.4, -0.2) is 40.8 Å². The van der Waals surface area contributed by atoms with Crippen LogP contribution >= 0.6 is 11.6 Å². The van der Waals surface area contributed by atoms with E-state index in [0.29, 0.717) is 24.5 Å². The first kappa shape index (κ1) is 17.2. The summed E-state index contributed by atoms with van der Waals surface area (Å²) in [5, 5.41) is 8.93. The summed E-state index contributed by atoms with van der Waals surface area (Å²) in [5.41, 5.74) is 1.77. The maximum absolute atomic E-state index is 12.8. The SMILES string of the molecule is O=S(=O)(c1ccc(Cl)cc1)N1CCC(n2cc(-c3ccccc3)nn2)C1. The molecule has 0 bridgehead atoms. The highest BCUT2D eigenvalue weighted by molar-refractivity contribution is 7.89. The van der Waals surface area contributed by atoms with Gasteiger partial charge in [-0.2, -0.15) is 4.31 Å². The topological polar surface area (TPSA) is 68.1 Å². The van der Waals surface area contributed by atoms with Crippen LogP contribution in [0.25, 0.3) is 11.3 Å². The summed E-state index contributed by atoms with van der Waals surface area (Å²) in [6.07, 6.45) is 2.57. The maximum atomic E-state index is 12.8. The van der Waals surface area contributed by atoms with E-state index in [1.165, 1.54) is 16.4 Å². The number of nitrogens with zero attached hydrogens (tertiary/aromatic N) is 4. The zero-order chi connectivity index (χ0) is 18.1. The highest BCUT2D eigenvalue weighted by atomic mass is 35.5. The molecule has 1 atom stereocenters. The van der Waals surface area contributed by atoms with Crippen LogP contribution in [0.5, 0.6) is 0 Å². The third-order valence-corrected chi connectivity index (χ3v) is 6.66. The largest absolute Gasteiger partial charge is 0.247 e. The van der Waals surface area contributed by atoms with E-state index in [1.54, 1.807) is 16.8 Å². The zero-order valence-corrected chi connectivity index (χ0v) is 15.4. The fourth-order valence-electron chi connectivity index (χ4n) is 3.10. The van der Waals surface area contributed by atoms with E-state index < -0.39 is 10.0 Å². The van der Waals surface area contributed by atoms with Crippen molar-refractivity contribution in [3.8, 4) is 11.3 Å². The molecule has 1 unspecified atom stereocenters. The van der Waals surface area contributed by atoms with Gasteiger partial charge in [-0.1, -0.05) is 47.1 Å². The van der Waals surface area contributed by atoms with Gasteiger partial charge in [0.05, 0.1) is 17.1 Å². The molecule has 8 heteroatoms. The molecule has 2 heterocycles. The number of halogens is 1. The average molecular weight is 389 g/mol. The monoisotopic (exact) mass is 388 g/mol. The number of benzene rings is 2. The second-order valence-corrected chi connectivity index (χ2v) is 8.58. The molecule has 6 nitrogen and oxygen atoms in total. The second-order valence-electron chi connectivity index (χ2n) is 6.21. The molecule has 0 aliphatic carbocycles. The Bertz CT molecular complexity index is 1000. The summed E-state index contributed by atoms with van der Waals surface area (Å²) in [7, 11) is -3.53. The van der Waals surface area contributed by atoms with Crippen molar-refractivity contribution in [2.24, 2.45) is 0 Å². The smallest absolute Gasteiger partial charge is 0.243 e. The molecule has 3 aromatic rings. The predicted molar refractivity (Wildman–Crippen MR) is 99.3 cm³/mol. The molecule has 0 radical (unpaired) electrons. The zero-order valence-electron chi connectivity index (χ0n) is 13.9. The Kier molecular flexibility index (Phi) is 4.52. The van der Waals surface area contributed by atoms with Gasteiger partial charge in [-0.15, -0.1) is 5.10 Å². The quantitative estimate of drug-likeness (QED) is 0.688. The molecule has 134 valence electrons. The lowest BCUT2D eigenvalue weighted by atomic mass is 10.2. The molecule has 2 aromatic carbocycles. The Morgan fingerprint density at radius 1 is 1.04 bits per heavy atom. The van der Waals surface area contributed by atoms with Gasteiger partial charge in [0.15, 0.2) is 0 Å². The van der Waals surface area contributed by atoms with E-state index in [1.807, 2.05) is 36.5 Å². The lowest BCUT2D eigenvalue weighted by Gasteiger charge is -2.16. The van der Waals surface area contributed by atoms with Gasteiger partial charge in [-0.3, -0.25) is 0 Å². The Morgan fingerprint density at radius 3 is 2.50 bits per heavy atom. The van der Waals surface area contributed by atoms with Crippen molar-refractivity contribution in [3.63, 3.8) is 0 Å². The van der Waals surface area contributed by atoms with Gasteiger partial charge >= 0.3 is 0 Å². The van der Waals surface area contributed by atoms with Gasteiger partial charge in [-0.05, 0) is 30.7 Å². The standard InChI is InChI=1S/C18H17ClN4O2S/c19-15-6-8-17(9-7-15)26(24,25)22-11-10-16(12-22)23-13-18(20-21-23)14-4-2-1-3-5-14/h1-9,13,16H,10-12H2. The fourth-order valence-corrected chi connectivity index (χ4v) is 4.72. The van der Waals surface area contributed by atoms with Crippen LogP contribution < -0.4 is 0 Å². The third kappa shape index (κ3) is 3.25. The summed E-state index contributed by atoms with van der Waals surface area (Å²) in [6.45, 7) is 0.832. The van der Waals surface area contributed by atoms with E-state index in [2.05, 4.69) is 10.3 Å². The highest BCUT2D eigenvalue weighted by Crippen LogP contribution is 2.28. The maximum Gasteiger partial charge on any atom is 0.243 e. The molecule has 0 spiro atoms. The van der Waals surface area contributed by atoms with Crippen LogP contribution in [0.4, 0.5) is 0 Å². The molecule has 1 aromatic heterocycles. The summed E-state index contributed by atoms with van der Waals surface area (Å²) in [6, 6.07) is 16.0. The average Bonchev–Trinajstić information content (AvgIpc) is 3.33. The van der Waals surface area contributed by atoms with Crippen LogP contribution in [-0.2, 0) is 10.0 Å². The lowest BCUT2D eigenvalue weighted by Crippen LogP contribution is -2.29. The van der Waals surface area contributed by atoms with Gasteiger partial charge in [0.25, 0.3) is 0 Å². The fraction of sp³-hybridized carbons (Fsp3) is 0.222. The van der Waals surface area contributed by atoms with E-state index in [-0.39, 0.29) is 10.9 Å². The van der Waals surface area contributed by atoms with Crippen molar-refractivity contribution in [3.05, 3.63) is 65.8 Å². The molecular formula is C18H17ClN4O2S. The minimum absolute atomic E-state index is 0.0259. The van der Waals surface area contributed by atoms with Gasteiger partial charge in [-0.25, -0.2) is 13.1 Å². The molecule has 26 heavy (non-hydrogen) atoms. The first-order valence-electron chi connectivity index (χ1n) is 8.27. The minimum atomic E-state index is -3.53. The van der Waals surface area contributed by atoms with Crippen molar-refractivity contribution in [1.29, 1.82) is 0 Å². The molecular weight excluding hydrogens is 372 g/mol. The van der Waals surface area contributed by atoms with Gasteiger partial charge in [0.1, 0.15) is 5.69 Å². The molecule has 0 N–H and O–H groups in total. The molecule has 4 rings (SSSR count). The minimum Gasteiger partial charge on any atom is -0.247 e. The lowest BCUT2D eigenvalue weighted by molar-refractivity contribution is 0.428. The van der Waals surface area contributed by atoms with Crippen molar-refractivity contribution >= 4 is 21.6 Å². The third-order valence-electron chi connectivity index (χ3n) is 4.53. The molecule has 0 amide bonds. The van der Waals surface area contributed by atoms with Crippen LogP contribution in [0.15, 0.2) is 65.7 Å². The summed E-state index contributed by atoms with van der Waals surface area (Å²) >= 11 is 5.85. The number of hydrogen-bond acceptors (Lipinski definition) is 4. The predicted octanol–water partition coefficient (Wildman–Crippen LogP) is 3.23. The van der Waals surface area contributed by atoms with E-state index in [9.17, 15) is 8.42 Å². The summed E-state index contributed by atoms with van der Waals surface area (Å²) in [4.78, 5) is 0.256. The Labute approximate surface area is 157 Å². The number of aromatic nitrogens is 3. The molecule has 1 saturated heterocycles. The molecule has 1 fully saturated rings. The first-order chi connectivity index (χ1) is 12.5. The van der Waals surface area contributed by atoms with Crippen molar-refractivity contribution < 1.29 is 8.42 Å². The number of hydrogen-bond donors (Lipinski definition) is 0. The van der Waals surface area contributed by atoms with Crippen LogP contribution in [0, 0.1) is 0 Å². The Morgan fingerprint density at radius 2 is 1.77 bits per heavy atom. The van der Waals surface area contributed by atoms with E-state index in [4.69, 9.17) is 11.6 Å². The van der Waals surface area contributed by atoms with Crippen LogP contribution in [0.2, 0.25) is 5.02 Å². The van der Waals surface area contributed by atoms with E-state index in [0.717, 1.165) is 11.3 Å². The van der Waals surface area contributed by atoms with Crippen LogP contribution in [0.1, 0.15) is 12.5 Å². The summed E-state index contributed by atoms with van der Waals surface area (Å²) < 4.78 is 28.8. The Hall–Kier alpha value is -2.22. The van der Waals surface area contributed by atoms with Gasteiger partial charge in [0.2, 0.25) is 10.0 Å². The molecule has 0 saturated carbocycles. The number of rotatable bonds is 4. The Balaban J connectivity index is 1.52. The van der Waals surface area contributed by atoms with Crippen molar-refractivity contribution in [2.75, 3.05) is 13.1 Å². The molecule has 1 aliphatic heterocycles. The molecule has 1 aliphatic rings. The normalized spacial score (nSPS) is 18.3. The summed E-state index contributed by atoms with van der Waals surface area (Å²) in [5.74, 6) is 0. The highest BCUT2D eigenvalue weighted by Gasteiger charge is 2.34. The van der Waals surface area contributed by atoms with E-state index >= 15 is 0 Å². The van der Waals surface area contributed by atoms with Crippen molar-refractivity contribution in [2.45, 2.75) is 17.4 Å². The number of sulfonamides is 1.